The monoisotopic (exact) mass is 334 g/mol. The van der Waals surface area contributed by atoms with E-state index in [0.717, 1.165) is 10.5 Å². The van der Waals surface area contributed by atoms with Crippen LogP contribution < -0.4 is 0 Å². The fourth-order valence-corrected chi connectivity index (χ4v) is 2.28. The third kappa shape index (κ3) is 4.97. The highest BCUT2D eigenvalue weighted by atomic mass is 16.6. The summed E-state index contributed by atoms with van der Waals surface area (Å²) in [6, 6.07) is 8.52. The van der Waals surface area contributed by atoms with Crippen LogP contribution in [0.15, 0.2) is 35.5 Å². The van der Waals surface area contributed by atoms with Crippen molar-refractivity contribution in [1.29, 1.82) is 0 Å². The van der Waals surface area contributed by atoms with Gasteiger partial charge in [-0.25, -0.2) is 9.59 Å². The summed E-state index contributed by atoms with van der Waals surface area (Å²) in [6.07, 6.45) is -0.535. The summed E-state index contributed by atoms with van der Waals surface area (Å²) in [5.74, 6) is -1.09. The molecule has 1 fully saturated rings. The number of nitrogens with zero attached hydrogens (tertiary/aromatic N) is 2. The Bertz CT molecular complexity index is 622. The molecule has 1 aliphatic rings. The zero-order valence-corrected chi connectivity index (χ0v) is 14.1. The number of oxime groups is 1. The topological polar surface area (TPSA) is 88.4 Å². The maximum absolute atomic E-state index is 12.2. The summed E-state index contributed by atoms with van der Waals surface area (Å²) in [4.78, 5) is 30.0. The average Bonchev–Trinajstić information content (AvgIpc) is 2.91. The molecule has 1 unspecified atom stereocenters. The first-order chi connectivity index (χ1) is 11.3. The van der Waals surface area contributed by atoms with Crippen molar-refractivity contribution in [2.24, 2.45) is 5.16 Å². The van der Waals surface area contributed by atoms with Gasteiger partial charge in [-0.1, -0.05) is 35.5 Å². The lowest BCUT2D eigenvalue weighted by Crippen LogP contribution is -2.43. The molecule has 2 rings (SSSR count). The number of carboxylic acids is 1. The molecule has 1 aromatic rings. The quantitative estimate of drug-likeness (QED) is 0.855. The van der Waals surface area contributed by atoms with E-state index in [1.165, 1.54) is 0 Å². The van der Waals surface area contributed by atoms with E-state index < -0.39 is 23.7 Å². The zero-order chi connectivity index (χ0) is 17.7. The second-order valence-corrected chi connectivity index (χ2v) is 6.58. The summed E-state index contributed by atoms with van der Waals surface area (Å²) in [5.41, 5.74) is 0.770. The summed E-state index contributed by atoms with van der Waals surface area (Å²) in [6.45, 7) is 5.56. The van der Waals surface area contributed by atoms with Gasteiger partial charge in [-0.05, 0) is 26.3 Å². The van der Waals surface area contributed by atoms with Crippen molar-refractivity contribution in [2.75, 3.05) is 6.54 Å². The Labute approximate surface area is 140 Å². The number of hydrogen-bond donors (Lipinski definition) is 1. The first-order valence-corrected chi connectivity index (χ1v) is 7.70. The smallest absolute Gasteiger partial charge is 0.411 e. The van der Waals surface area contributed by atoms with Crippen LogP contribution in [0.3, 0.4) is 0 Å². The van der Waals surface area contributed by atoms with Crippen molar-refractivity contribution in [3.8, 4) is 0 Å². The van der Waals surface area contributed by atoms with E-state index in [4.69, 9.17) is 9.57 Å². The molecule has 0 saturated carbocycles. The first-order valence-electron chi connectivity index (χ1n) is 7.70. The predicted octanol–water partition coefficient (Wildman–Crippen LogP) is 2.65. The van der Waals surface area contributed by atoms with E-state index in [1.807, 2.05) is 30.3 Å². The van der Waals surface area contributed by atoms with Crippen molar-refractivity contribution in [3.63, 3.8) is 0 Å². The van der Waals surface area contributed by atoms with Gasteiger partial charge < -0.3 is 14.7 Å². The summed E-state index contributed by atoms with van der Waals surface area (Å²) >= 11 is 0. The van der Waals surface area contributed by atoms with E-state index in [9.17, 15) is 14.7 Å². The van der Waals surface area contributed by atoms with Gasteiger partial charge >= 0.3 is 12.1 Å². The molecule has 24 heavy (non-hydrogen) atoms. The minimum Gasteiger partial charge on any atom is -0.480 e. The van der Waals surface area contributed by atoms with Crippen LogP contribution in [-0.2, 0) is 21.0 Å². The lowest BCUT2D eigenvalue weighted by molar-refractivity contribution is -0.142. The van der Waals surface area contributed by atoms with Crippen LogP contribution in [0.1, 0.15) is 32.8 Å². The summed E-state index contributed by atoms with van der Waals surface area (Å²) in [7, 11) is 0. The highest BCUT2D eigenvalue weighted by Gasteiger charge is 2.40. The standard InChI is InChI=1S/C17H22N2O5/c1-17(2,3)24-16(22)19-10-13(9-14(19)15(20)21)18-23-11-12-7-5-4-6-8-12/h4-8,14H,9-11H2,1-3H3,(H,20,21). The highest BCUT2D eigenvalue weighted by molar-refractivity contribution is 5.98. The van der Waals surface area contributed by atoms with Gasteiger partial charge in [-0.3, -0.25) is 4.90 Å². The van der Waals surface area contributed by atoms with Crippen molar-refractivity contribution in [1.82, 2.24) is 4.90 Å². The molecule has 7 heteroatoms. The fourth-order valence-electron chi connectivity index (χ4n) is 2.28. The Morgan fingerprint density at radius 1 is 1.29 bits per heavy atom. The van der Waals surface area contributed by atoms with Gasteiger partial charge in [0.15, 0.2) is 0 Å². The Morgan fingerprint density at radius 3 is 2.54 bits per heavy atom. The normalized spacial score (nSPS) is 19.4. The Morgan fingerprint density at radius 2 is 1.96 bits per heavy atom. The molecule has 0 aromatic heterocycles. The molecule has 0 spiro atoms. The number of carbonyl (C=O) groups is 2. The van der Waals surface area contributed by atoms with Gasteiger partial charge in [0.1, 0.15) is 18.2 Å². The number of hydrogen-bond acceptors (Lipinski definition) is 5. The molecule has 0 bridgehead atoms. The van der Waals surface area contributed by atoms with E-state index >= 15 is 0 Å². The molecule has 130 valence electrons. The number of ether oxygens (including phenoxy) is 1. The van der Waals surface area contributed by atoms with Gasteiger partial charge in [-0.2, -0.15) is 0 Å². The number of amides is 1. The number of aliphatic carboxylic acids is 1. The second kappa shape index (κ2) is 7.33. The van der Waals surface area contributed by atoms with E-state index in [-0.39, 0.29) is 19.6 Å². The molecular formula is C17H22N2O5. The van der Waals surface area contributed by atoms with Gasteiger partial charge in [0, 0.05) is 6.42 Å². The van der Waals surface area contributed by atoms with Crippen molar-refractivity contribution < 1.29 is 24.3 Å². The molecule has 1 aromatic carbocycles. The molecular weight excluding hydrogens is 312 g/mol. The summed E-state index contributed by atoms with van der Waals surface area (Å²) < 4.78 is 5.25. The van der Waals surface area contributed by atoms with Crippen LogP contribution in [0.2, 0.25) is 0 Å². The van der Waals surface area contributed by atoms with Crippen molar-refractivity contribution >= 4 is 17.8 Å². The maximum Gasteiger partial charge on any atom is 0.411 e. The van der Waals surface area contributed by atoms with Gasteiger partial charge in [-0.15, -0.1) is 0 Å². The Kier molecular flexibility index (Phi) is 5.43. The molecule has 1 heterocycles. The molecule has 1 atom stereocenters. The number of likely N-dealkylation sites (tertiary alicyclic amines) is 1. The van der Waals surface area contributed by atoms with E-state index in [0.29, 0.717) is 5.71 Å². The Hall–Kier alpha value is -2.57. The molecule has 1 saturated heterocycles. The predicted molar refractivity (Wildman–Crippen MR) is 87.6 cm³/mol. The maximum atomic E-state index is 12.2. The SMILES string of the molecule is CC(C)(C)OC(=O)N1CC(=NOCc2ccccc2)CC1C(=O)O. The van der Waals surface area contributed by atoms with Crippen LogP contribution in [0.4, 0.5) is 4.79 Å². The Balaban J connectivity index is 1.99. The van der Waals surface area contributed by atoms with Crippen LogP contribution in [-0.4, -0.2) is 46.0 Å². The number of carboxylic acid groups (broad SMARTS) is 1. The van der Waals surface area contributed by atoms with Gasteiger partial charge in [0.05, 0.1) is 12.3 Å². The number of benzene rings is 1. The lowest BCUT2D eigenvalue weighted by Gasteiger charge is -2.26. The molecule has 1 N–H and O–H groups in total. The zero-order valence-electron chi connectivity index (χ0n) is 14.1. The van der Waals surface area contributed by atoms with Crippen molar-refractivity contribution in [3.05, 3.63) is 35.9 Å². The fraction of sp³-hybridized carbons (Fsp3) is 0.471. The first kappa shape index (κ1) is 17.8. The van der Waals surface area contributed by atoms with E-state index in [1.54, 1.807) is 20.8 Å². The number of carbonyl (C=O) groups excluding carboxylic acids is 1. The van der Waals surface area contributed by atoms with Gasteiger partial charge in [0.2, 0.25) is 0 Å². The third-order valence-electron chi connectivity index (χ3n) is 3.34. The van der Waals surface area contributed by atoms with Crippen molar-refractivity contribution in [2.45, 2.75) is 45.4 Å². The van der Waals surface area contributed by atoms with E-state index in [2.05, 4.69) is 5.16 Å². The van der Waals surface area contributed by atoms with Crippen LogP contribution in [0, 0.1) is 0 Å². The minimum absolute atomic E-state index is 0.0840. The number of rotatable bonds is 4. The highest BCUT2D eigenvalue weighted by Crippen LogP contribution is 2.20. The van der Waals surface area contributed by atoms with Crippen LogP contribution >= 0.6 is 0 Å². The average molecular weight is 334 g/mol. The van der Waals surface area contributed by atoms with Crippen LogP contribution in [0.25, 0.3) is 0 Å². The third-order valence-corrected chi connectivity index (χ3v) is 3.34. The van der Waals surface area contributed by atoms with Crippen LogP contribution in [0.5, 0.6) is 0 Å². The second-order valence-electron chi connectivity index (χ2n) is 6.58. The lowest BCUT2D eigenvalue weighted by atomic mass is 10.2. The molecule has 1 amide bonds. The van der Waals surface area contributed by atoms with Gasteiger partial charge in [0.25, 0.3) is 0 Å². The molecule has 0 aliphatic carbocycles. The molecule has 1 aliphatic heterocycles. The largest absolute Gasteiger partial charge is 0.480 e. The summed E-state index contributed by atoms with van der Waals surface area (Å²) in [5, 5.41) is 13.3. The molecule has 7 nitrogen and oxygen atoms in total. The molecule has 0 radical (unpaired) electrons. The minimum atomic E-state index is -1.09.